The number of benzene rings is 2. The van der Waals surface area contributed by atoms with E-state index in [-0.39, 0.29) is 42.2 Å². The van der Waals surface area contributed by atoms with Crippen molar-refractivity contribution in [2.75, 3.05) is 19.5 Å². The Balaban J connectivity index is 0.00000392. The Hall–Kier alpha value is -1.89. The number of hydrogen-bond donors (Lipinski definition) is 2. The largest absolute Gasteiger partial charge is 0.573 e. The number of nitrogens with two attached hydrogens (primary N) is 1. The van der Waals surface area contributed by atoms with Gasteiger partial charge in [-0.05, 0) is 45.8 Å². The van der Waals surface area contributed by atoms with Crippen LogP contribution in [0.15, 0.2) is 45.9 Å². The van der Waals surface area contributed by atoms with E-state index in [1.807, 2.05) is 0 Å². The molecule has 11 heteroatoms. The van der Waals surface area contributed by atoms with Crippen molar-refractivity contribution < 1.29 is 27.4 Å². The molecule has 0 saturated carbocycles. The van der Waals surface area contributed by atoms with Gasteiger partial charge in [-0.2, -0.15) is 0 Å². The number of ether oxygens (including phenoxy) is 3. The molecule has 0 aliphatic carbocycles. The molecule has 6 nitrogen and oxygen atoms in total. The summed E-state index contributed by atoms with van der Waals surface area (Å²) < 4.78 is 52.5. The number of hydrogen-bond acceptors (Lipinski definition) is 4. The Bertz CT molecular complexity index is 835. The Morgan fingerprint density at radius 2 is 1.82 bits per heavy atom. The van der Waals surface area contributed by atoms with Gasteiger partial charge < -0.3 is 25.3 Å². The number of halogens is 5. The molecule has 2 aromatic rings. The lowest BCUT2D eigenvalue weighted by Gasteiger charge is -2.14. The first kappa shape index (κ1) is 24.1. The predicted octanol–water partition coefficient (Wildman–Crippen LogP) is 4.91. The molecule has 0 atom stereocenters. The van der Waals surface area contributed by atoms with E-state index in [2.05, 4.69) is 31.0 Å². The average Bonchev–Trinajstić information content (AvgIpc) is 2.60. The standard InChI is InChI=1S/C17H17BrF3N3O3.HI/c1-25-14-8-10(7-11(18)15(14)26-2)9-23-16(22)24-12-5-3-4-6-13(12)27-17(19,20)21;/h3-8H,9H2,1-2H3,(H3,22,23,24);1H. The normalized spacial score (nSPS) is 11.4. The fourth-order valence-electron chi connectivity index (χ4n) is 2.20. The number of nitrogens with one attached hydrogen (secondary N) is 1. The summed E-state index contributed by atoms with van der Waals surface area (Å²) in [6, 6.07) is 9.04. The average molecular weight is 576 g/mol. The highest BCUT2D eigenvalue weighted by Crippen LogP contribution is 2.36. The van der Waals surface area contributed by atoms with Gasteiger partial charge in [-0.15, -0.1) is 37.1 Å². The number of rotatable bonds is 6. The van der Waals surface area contributed by atoms with Crippen molar-refractivity contribution in [1.82, 2.24) is 0 Å². The lowest BCUT2D eigenvalue weighted by molar-refractivity contribution is -0.274. The summed E-state index contributed by atoms with van der Waals surface area (Å²) in [6.07, 6.45) is -4.81. The molecule has 0 unspecified atom stereocenters. The number of alkyl halides is 3. The van der Waals surface area contributed by atoms with E-state index in [4.69, 9.17) is 15.2 Å². The van der Waals surface area contributed by atoms with Crippen LogP contribution in [0, 0.1) is 0 Å². The van der Waals surface area contributed by atoms with Crippen LogP contribution in [0.5, 0.6) is 17.2 Å². The van der Waals surface area contributed by atoms with E-state index >= 15 is 0 Å². The summed E-state index contributed by atoms with van der Waals surface area (Å²) in [5.74, 6) is 0.568. The molecule has 0 saturated heterocycles. The van der Waals surface area contributed by atoms with Gasteiger partial charge in [-0.25, -0.2) is 4.99 Å². The van der Waals surface area contributed by atoms with Gasteiger partial charge >= 0.3 is 6.36 Å². The van der Waals surface area contributed by atoms with E-state index < -0.39 is 12.1 Å². The summed E-state index contributed by atoms with van der Waals surface area (Å²) in [7, 11) is 3.02. The molecule has 0 aromatic heterocycles. The molecule has 2 aromatic carbocycles. The molecule has 0 amide bonds. The Morgan fingerprint density at radius 1 is 1.14 bits per heavy atom. The van der Waals surface area contributed by atoms with Gasteiger partial charge in [0.25, 0.3) is 0 Å². The second kappa shape index (κ2) is 10.6. The van der Waals surface area contributed by atoms with E-state index in [0.29, 0.717) is 16.0 Å². The van der Waals surface area contributed by atoms with Crippen LogP contribution in [-0.4, -0.2) is 26.5 Å². The van der Waals surface area contributed by atoms with Gasteiger partial charge in [0.15, 0.2) is 23.2 Å². The second-order valence-corrected chi connectivity index (χ2v) is 6.04. The fraction of sp³-hybridized carbons (Fsp3) is 0.235. The van der Waals surface area contributed by atoms with Gasteiger partial charge in [0.1, 0.15) is 0 Å². The van der Waals surface area contributed by atoms with Crippen LogP contribution in [0.2, 0.25) is 0 Å². The second-order valence-electron chi connectivity index (χ2n) is 5.18. The molecule has 28 heavy (non-hydrogen) atoms. The topological polar surface area (TPSA) is 78.1 Å². The van der Waals surface area contributed by atoms with Gasteiger partial charge in [0, 0.05) is 0 Å². The number of anilines is 1. The van der Waals surface area contributed by atoms with Gasteiger partial charge in [-0.3, -0.25) is 0 Å². The van der Waals surface area contributed by atoms with Crippen LogP contribution in [-0.2, 0) is 6.54 Å². The molecule has 2 rings (SSSR count). The summed E-state index contributed by atoms with van der Waals surface area (Å²) in [4.78, 5) is 4.13. The number of para-hydroxylation sites is 2. The van der Waals surface area contributed by atoms with Crippen molar-refractivity contribution >= 4 is 51.6 Å². The van der Waals surface area contributed by atoms with Gasteiger partial charge in [-0.1, -0.05) is 12.1 Å². The number of aliphatic imine (C=N–C) groups is 1. The smallest absolute Gasteiger partial charge is 0.493 e. The molecule has 3 N–H and O–H groups in total. The Morgan fingerprint density at radius 3 is 2.43 bits per heavy atom. The summed E-state index contributed by atoms with van der Waals surface area (Å²) in [5, 5.41) is 2.60. The number of methoxy groups -OCH3 is 2. The predicted molar refractivity (Wildman–Crippen MR) is 115 cm³/mol. The van der Waals surface area contributed by atoms with Crippen LogP contribution in [0.1, 0.15) is 5.56 Å². The third-order valence-corrected chi connectivity index (χ3v) is 3.89. The molecule has 0 spiro atoms. The van der Waals surface area contributed by atoms with Crippen molar-refractivity contribution in [3.8, 4) is 17.2 Å². The highest BCUT2D eigenvalue weighted by atomic mass is 127. The zero-order chi connectivity index (χ0) is 20.0. The highest BCUT2D eigenvalue weighted by molar-refractivity contribution is 14.0. The van der Waals surface area contributed by atoms with Crippen molar-refractivity contribution in [2.45, 2.75) is 12.9 Å². The third-order valence-electron chi connectivity index (χ3n) is 3.30. The molecule has 0 radical (unpaired) electrons. The van der Waals surface area contributed by atoms with E-state index in [9.17, 15) is 13.2 Å². The Kier molecular flexibility index (Phi) is 9.14. The van der Waals surface area contributed by atoms with Crippen LogP contribution in [0.25, 0.3) is 0 Å². The number of guanidine groups is 1. The van der Waals surface area contributed by atoms with E-state index in [0.717, 1.165) is 5.56 Å². The maximum Gasteiger partial charge on any atom is 0.573 e. The van der Waals surface area contributed by atoms with Crippen molar-refractivity contribution in [1.29, 1.82) is 0 Å². The monoisotopic (exact) mass is 575 g/mol. The first-order chi connectivity index (χ1) is 12.7. The Labute approximate surface area is 185 Å². The summed E-state index contributed by atoms with van der Waals surface area (Å²) in [6.45, 7) is 0.167. The lowest BCUT2D eigenvalue weighted by atomic mass is 10.2. The minimum Gasteiger partial charge on any atom is -0.493 e. The fourth-order valence-corrected chi connectivity index (χ4v) is 2.85. The molecule has 0 heterocycles. The first-order valence-electron chi connectivity index (χ1n) is 7.55. The third kappa shape index (κ3) is 6.93. The highest BCUT2D eigenvalue weighted by Gasteiger charge is 2.32. The van der Waals surface area contributed by atoms with E-state index in [1.54, 1.807) is 18.2 Å². The van der Waals surface area contributed by atoms with Gasteiger partial charge in [0.05, 0.1) is 30.9 Å². The van der Waals surface area contributed by atoms with Gasteiger partial charge in [0.2, 0.25) is 0 Å². The first-order valence-corrected chi connectivity index (χ1v) is 8.35. The zero-order valence-electron chi connectivity index (χ0n) is 14.8. The molecule has 0 aliphatic rings. The minimum absolute atomic E-state index is 0. The van der Waals surface area contributed by atoms with Crippen LogP contribution in [0.4, 0.5) is 18.9 Å². The minimum atomic E-state index is -4.81. The van der Waals surface area contributed by atoms with Crippen molar-refractivity contribution in [2.24, 2.45) is 10.7 Å². The van der Waals surface area contributed by atoms with E-state index in [1.165, 1.54) is 32.4 Å². The van der Waals surface area contributed by atoms with Crippen molar-refractivity contribution in [3.05, 3.63) is 46.4 Å². The quantitative estimate of drug-likeness (QED) is 0.291. The van der Waals surface area contributed by atoms with Crippen LogP contribution in [0.3, 0.4) is 0 Å². The SMILES string of the molecule is COc1cc(CN=C(N)Nc2ccccc2OC(F)(F)F)cc(Br)c1OC.I. The van der Waals surface area contributed by atoms with Crippen LogP contribution < -0.4 is 25.3 Å². The summed E-state index contributed by atoms with van der Waals surface area (Å²) >= 11 is 3.37. The maximum atomic E-state index is 12.5. The molecule has 0 fully saturated rings. The molecule has 0 bridgehead atoms. The molecular formula is C17H18BrF3IN3O3. The zero-order valence-corrected chi connectivity index (χ0v) is 18.8. The summed E-state index contributed by atoms with van der Waals surface area (Å²) in [5.41, 5.74) is 6.59. The molecule has 0 aliphatic heterocycles. The van der Waals surface area contributed by atoms with Crippen LogP contribution >= 0.6 is 39.9 Å². The number of nitrogens with zero attached hydrogens (tertiary/aromatic N) is 1. The molecular weight excluding hydrogens is 558 g/mol. The maximum absolute atomic E-state index is 12.5. The molecule has 154 valence electrons. The van der Waals surface area contributed by atoms with Crippen molar-refractivity contribution in [3.63, 3.8) is 0 Å². The lowest BCUT2D eigenvalue weighted by Crippen LogP contribution is -2.24.